The molecule has 0 spiro atoms. The van der Waals surface area contributed by atoms with E-state index in [4.69, 9.17) is 34.3 Å². The molecule has 0 aliphatic rings. The first-order valence-electron chi connectivity index (χ1n) is 6.28. The van der Waals surface area contributed by atoms with Crippen LogP contribution in [-0.2, 0) is 9.53 Å². The van der Waals surface area contributed by atoms with Crippen molar-refractivity contribution in [2.24, 2.45) is 11.7 Å². The van der Waals surface area contributed by atoms with Crippen LogP contribution in [0, 0.1) is 5.92 Å². The molecule has 0 amide bonds. The van der Waals surface area contributed by atoms with Crippen molar-refractivity contribution < 1.29 is 9.53 Å². The van der Waals surface area contributed by atoms with Crippen LogP contribution >= 0.6 is 23.8 Å². The van der Waals surface area contributed by atoms with Gasteiger partial charge in [0.05, 0.1) is 17.8 Å². The Labute approximate surface area is 129 Å². The highest BCUT2D eigenvalue weighted by Crippen LogP contribution is 2.25. The van der Waals surface area contributed by atoms with Crippen LogP contribution in [0.3, 0.4) is 0 Å². The molecular weight excluding hydrogens is 296 g/mol. The summed E-state index contributed by atoms with van der Waals surface area (Å²) < 4.78 is 4.80. The fourth-order valence-corrected chi connectivity index (χ4v) is 2.16. The van der Waals surface area contributed by atoms with Gasteiger partial charge in [-0.3, -0.25) is 0 Å². The first-order valence-corrected chi connectivity index (χ1v) is 7.07. The SMILES string of the molecule is COC(=O)C(CC(C)C)Nc1ccc(C(N)=S)cc1Cl. The Morgan fingerprint density at radius 2 is 2.15 bits per heavy atom. The normalized spacial score (nSPS) is 12.1. The Kier molecular flexibility index (Phi) is 6.23. The molecule has 0 heterocycles. The molecule has 0 aromatic heterocycles. The highest BCUT2D eigenvalue weighted by atomic mass is 35.5. The van der Waals surface area contributed by atoms with Crippen molar-refractivity contribution in [2.45, 2.75) is 26.3 Å². The van der Waals surface area contributed by atoms with Crippen molar-refractivity contribution in [3.8, 4) is 0 Å². The zero-order valence-corrected chi connectivity index (χ0v) is 13.3. The smallest absolute Gasteiger partial charge is 0.328 e. The van der Waals surface area contributed by atoms with Crippen molar-refractivity contribution in [2.75, 3.05) is 12.4 Å². The van der Waals surface area contributed by atoms with E-state index >= 15 is 0 Å². The number of hydrogen-bond acceptors (Lipinski definition) is 4. The van der Waals surface area contributed by atoms with E-state index in [1.54, 1.807) is 18.2 Å². The van der Waals surface area contributed by atoms with E-state index in [0.29, 0.717) is 28.6 Å². The van der Waals surface area contributed by atoms with E-state index in [2.05, 4.69) is 5.32 Å². The molecule has 1 unspecified atom stereocenters. The van der Waals surface area contributed by atoms with Crippen LogP contribution in [-0.4, -0.2) is 24.1 Å². The summed E-state index contributed by atoms with van der Waals surface area (Å²) in [7, 11) is 1.37. The number of esters is 1. The first kappa shape index (κ1) is 16.7. The molecule has 0 saturated heterocycles. The molecule has 4 nitrogen and oxygen atoms in total. The quantitative estimate of drug-likeness (QED) is 0.624. The van der Waals surface area contributed by atoms with Crippen molar-refractivity contribution in [3.63, 3.8) is 0 Å². The van der Waals surface area contributed by atoms with E-state index in [0.717, 1.165) is 0 Å². The summed E-state index contributed by atoms with van der Waals surface area (Å²) in [6.45, 7) is 4.07. The number of nitrogens with one attached hydrogen (secondary N) is 1. The van der Waals surface area contributed by atoms with Crippen LogP contribution < -0.4 is 11.1 Å². The molecule has 0 bridgehead atoms. The second-order valence-electron chi connectivity index (χ2n) is 4.91. The average molecular weight is 315 g/mol. The molecule has 110 valence electrons. The Hall–Kier alpha value is -1.33. The molecule has 1 atom stereocenters. The van der Waals surface area contributed by atoms with E-state index in [1.165, 1.54) is 7.11 Å². The summed E-state index contributed by atoms with van der Waals surface area (Å²) in [6.07, 6.45) is 0.653. The maximum absolute atomic E-state index is 11.8. The van der Waals surface area contributed by atoms with Crippen LogP contribution in [0.15, 0.2) is 18.2 Å². The zero-order chi connectivity index (χ0) is 15.3. The summed E-state index contributed by atoms with van der Waals surface area (Å²) in [6, 6.07) is 4.76. The monoisotopic (exact) mass is 314 g/mol. The van der Waals surface area contributed by atoms with Gasteiger partial charge in [-0.25, -0.2) is 4.79 Å². The Bertz CT molecular complexity index is 506. The molecule has 0 fully saturated rings. The molecule has 1 aromatic carbocycles. The highest BCUT2D eigenvalue weighted by molar-refractivity contribution is 7.80. The average Bonchev–Trinajstić information content (AvgIpc) is 2.38. The van der Waals surface area contributed by atoms with Gasteiger partial charge in [-0.1, -0.05) is 37.7 Å². The van der Waals surface area contributed by atoms with Gasteiger partial charge in [0.25, 0.3) is 0 Å². The predicted molar refractivity (Wildman–Crippen MR) is 86.2 cm³/mol. The number of methoxy groups -OCH3 is 1. The third kappa shape index (κ3) is 4.65. The van der Waals surface area contributed by atoms with E-state index < -0.39 is 6.04 Å². The number of benzene rings is 1. The zero-order valence-electron chi connectivity index (χ0n) is 11.8. The second-order valence-corrected chi connectivity index (χ2v) is 5.76. The van der Waals surface area contributed by atoms with Crippen molar-refractivity contribution in [1.29, 1.82) is 0 Å². The van der Waals surface area contributed by atoms with Gasteiger partial charge in [-0.2, -0.15) is 0 Å². The molecule has 20 heavy (non-hydrogen) atoms. The van der Waals surface area contributed by atoms with Gasteiger partial charge >= 0.3 is 5.97 Å². The number of anilines is 1. The fourth-order valence-electron chi connectivity index (χ4n) is 1.80. The van der Waals surface area contributed by atoms with Crippen LogP contribution in [0.2, 0.25) is 5.02 Å². The van der Waals surface area contributed by atoms with Gasteiger partial charge in [0.2, 0.25) is 0 Å². The number of halogens is 1. The summed E-state index contributed by atoms with van der Waals surface area (Å²) in [4.78, 5) is 12.1. The van der Waals surface area contributed by atoms with Gasteiger partial charge in [0.1, 0.15) is 11.0 Å². The molecule has 3 N–H and O–H groups in total. The number of thiocarbonyl (C=S) groups is 1. The maximum atomic E-state index is 11.8. The lowest BCUT2D eigenvalue weighted by molar-refractivity contribution is -0.141. The summed E-state index contributed by atoms with van der Waals surface area (Å²) >= 11 is 11.1. The minimum atomic E-state index is -0.437. The molecule has 1 rings (SSSR count). The maximum Gasteiger partial charge on any atom is 0.328 e. The van der Waals surface area contributed by atoms with Gasteiger partial charge in [0.15, 0.2) is 0 Å². The van der Waals surface area contributed by atoms with Gasteiger partial charge in [0, 0.05) is 5.56 Å². The topological polar surface area (TPSA) is 64.3 Å². The minimum absolute atomic E-state index is 0.283. The molecular formula is C14H19ClN2O2S. The summed E-state index contributed by atoms with van der Waals surface area (Å²) in [5, 5.41) is 3.57. The lowest BCUT2D eigenvalue weighted by atomic mass is 10.0. The molecule has 1 aromatic rings. The van der Waals surface area contributed by atoms with Crippen molar-refractivity contribution in [3.05, 3.63) is 28.8 Å². The summed E-state index contributed by atoms with van der Waals surface area (Å²) in [5.41, 5.74) is 6.89. The minimum Gasteiger partial charge on any atom is -0.467 e. The highest BCUT2D eigenvalue weighted by Gasteiger charge is 2.21. The fraction of sp³-hybridized carbons (Fsp3) is 0.429. The Balaban J connectivity index is 2.93. The van der Waals surface area contributed by atoms with E-state index in [9.17, 15) is 4.79 Å². The van der Waals surface area contributed by atoms with E-state index in [1.807, 2.05) is 13.8 Å². The number of rotatable bonds is 6. The molecule has 0 aliphatic carbocycles. The van der Waals surface area contributed by atoms with Crippen LogP contribution in [0.4, 0.5) is 5.69 Å². The van der Waals surface area contributed by atoms with Crippen LogP contribution in [0.25, 0.3) is 0 Å². The second kappa shape index (κ2) is 7.45. The van der Waals surface area contributed by atoms with Gasteiger partial charge in [-0.05, 0) is 30.5 Å². The molecule has 0 radical (unpaired) electrons. The van der Waals surface area contributed by atoms with Gasteiger partial charge in [-0.15, -0.1) is 0 Å². The largest absolute Gasteiger partial charge is 0.467 e. The number of carbonyl (C=O) groups is 1. The van der Waals surface area contributed by atoms with Crippen molar-refractivity contribution >= 4 is 40.5 Å². The standard InChI is InChI=1S/C14H19ClN2O2S/c1-8(2)6-12(14(18)19-3)17-11-5-4-9(13(16)20)7-10(11)15/h4-5,7-8,12,17H,6H2,1-3H3,(H2,16,20). The van der Waals surface area contributed by atoms with Crippen LogP contribution in [0.5, 0.6) is 0 Å². The number of ether oxygens (including phenoxy) is 1. The predicted octanol–water partition coefficient (Wildman–Crippen LogP) is 2.97. The number of carbonyl (C=O) groups excluding carboxylic acids is 1. The lowest BCUT2D eigenvalue weighted by Crippen LogP contribution is -2.32. The number of nitrogens with two attached hydrogens (primary N) is 1. The van der Waals surface area contributed by atoms with E-state index in [-0.39, 0.29) is 11.0 Å². The number of hydrogen-bond donors (Lipinski definition) is 2. The molecule has 6 heteroatoms. The van der Waals surface area contributed by atoms with Gasteiger partial charge < -0.3 is 15.8 Å². The molecule has 0 aliphatic heterocycles. The van der Waals surface area contributed by atoms with Crippen molar-refractivity contribution in [1.82, 2.24) is 0 Å². The summed E-state index contributed by atoms with van der Waals surface area (Å²) in [5.74, 6) is 0.0365. The third-order valence-electron chi connectivity index (χ3n) is 2.78. The first-order chi connectivity index (χ1) is 9.35. The molecule has 0 saturated carbocycles. The third-order valence-corrected chi connectivity index (χ3v) is 3.32. The lowest BCUT2D eigenvalue weighted by Gasteiger charge is -2.20. The van der Waals surface area contributed by atoms with Crippen LogP contribution in [0.1, 0.15) is 25.8 Å². The Morgan fingerprint density at radius 3 is 2.60 bits per heavy atom. The Morgan fingerprint density at radius 1 is 1.50 bits per heavy atom.